The Hall–Kier alpha value is -0.470. The van der Waals surface area contributed by atoms with Crippen molar-refractivity contribution in [2.24, 2.45) is 0 Å². The first-order chi connectivity index (χ1) is 9.16. The molecule has 0 aliphatic carbocycles. The van der Waals surface area contributed by atoms with Crippen molar-refractivity contribution in [1.82, 2.24) is 10.2 Å². The highest BCUT2D eigenvalue weighted by molar-refractivity contribution is 14.1. The third-order valence-electron chi connectivity index (χ3n) is 3.03. The first-order valence-corrected chi connectivity index (χ1v) is 8.47. The van der Waals surface area contributed by atoms with Crippen LogP contribution in [0.25, 0.3) is 0 Å². The van der Waals surface area contributed by atoms with Gasteiger partial charge in [0.15, 0.2) is 0 Å². The van der Waals surface area contributed by atoms with Gasteiger partial charge in [0.1, 0.15) is 5.75 Å². The Morgan fingerprint density at radius 1 is 1.42 bits per heavy atom. The van der Waals surface area contributed by atoms with Gasteiger partial charge in [0, 0.05) is 43.2 Å². The number of phenolic OH excluding ortho intramolecular Hbond substituents is 1. The van der Waals surface area contributed by atoms with Crippen molar-refractivity contribution in [3.63, 3.8) is 0 Å². The molecule has 0 spiro atoms. The number of carbonyl (C=O) groups excluding carboxylic acids is 1. The third-order valence-corrected chi connectivity index (χ3v) is 4.88. The van der Waals surface area contributed by atoms with Crippen LogP contribution >= 0.6 is 34.4 Å². The van der Waals surface area contributed by atoms with Gasteiger partial charge in [-0.2, -0.15) is 11.8 Å². The first-order valence-electron chi connectivity index (χ1n) is 6.23. The van der Waals surface area contributed by atoms with E-state index in [-0.39, 0.29) is 11.7 Å². The topological polar surface area (TPSA) is 52.6 Å². The van der Waals surface area contributed by atoms with E-state index in [0.717, 1.165) is 23.2 Å². The number of carbonyl (C=O) groups is 1. The minimum Gasteiger partial charge on any atom is -0.507 e. The lowest BCUT2D eigenvalue weighted by atomic mass is 10.2. The Bertz CT molecular complexity index is 450. The molecule has 0 saturated carbocycles. The molecule has 0 unspecified atom stereocenters. The van der Waals surface area contributed by atoms with Crippen molar-refractivity contribution in [1.29, 1.82) is 0 Å². The maximum absolute atomic E-state index is 11.9. The molecule has 1 aromatic rings. The van der Waals surface area contributed by atoms with E-state index < -0.39 is 0 Å². The maximum Gasteiger partial charge on any atom is 0.251 e. The lowest BCUT2D eigenvalue weighted by Gasteiger charge is -2.25. The first kappa shape index (κ1) is 14.9. The zero-order valence-corrected chi connectivity index (χ0v) is 13.5. The summed E-state index contributed by atoms with van der Waals surface area (Å²) in [5, 5.41) is 12.5. The predicted molar refractivity (Wildman–Crippen MR) is 86.9 cm³/mol. The summed E-state index contributed by atoms with van der Waals surface area (Å²) in [5.41, 5.74) is 0.507. The number of nitrogens with zero attached hydrogens (tertiary/aromatic N) is 1. The van der Waals surface area contributed by atoms with Gasteiger partial charge in [-0.15, -0.1) is 0 Å². The van der Waals surface area contributed by atoms with E-state index in [1.54, 1.807) is 12.1 Å². The number of hydrogen-bond acceptors (Lipinski definition) is 4. The molecule has 1 heterocycles. The molecule has 1 saturated heterocycles. The number of thioether (sulfide) groups is 1. The summed E-state index contributed by atoms with van der Waals surface area (Å²) in [6.07, 6.45) is 0. The molecule has 19 heavy (non-hydrogen) atoms. The Kier molecular flexibility index (Phi) is 5.77. The van der Waals surface area contributed by atoms with Crippen molar-refractivity contribution >= 4 is 40.3 Å². The summed E-state index contributed by atoms with van der Waals surface area (Å²) in [6, 6.07) is 4.98. The molecule has 0 aromatic heterocycles. The highest BCUT2D eigenvalue weighted by Gasteiger charge is 2.11. The Balaban J connectivity index is 1.78. The van der Waals surface area contributed by atoms with E-state index in [9.17, 15) is 9.90 Å². The number of nitrogens with one attached hydrogen (secondary N) is 1. The van der Waals surface area contributed by atoms with Gasteiger partial charge in [0.2, 0.25) is 0 Å². The normalized spacial score (nSPS) is 16.3. The molecule has 2 rings (SSSR count). The minimum absolute atomic E-state index is 0.127. The van der Waals surface area contributed by atoms with Crippen LogP contribution in [-0.2, 0) is 0 Å². The van der Waals surface area contributed by atoms with Crippen LogP contribution in [0.4, 0.5) is 0 Å². The average molecular weight is 392 g/mol. The van der Waals surface area contributed by atoms with Gasteiger partial charge < -0.3 is 10.4 Å². The number of benzene rings is 1. The van der Waals surface area contributed by atoms with Crippen LogP contribution in [0.3, 0.4) is 0 Å². The number of rotatable bonds is 4. The summed E-state index contributed by atoms with van der Waals surface area (Å²) in [4.78, 5) is 14.3. The van der Waals surface area contributed by atoms with Crippen LogP contribution in [-0.4, -0.2) is 53.6 Å². The van der Waals surface area contributed by atoms with Gasteiger partial charge in [0.05, 0.1) is 3.57 Å². The van der Waals surface area contributed by atoms with Gasteiger partial charge in [-0.3, -0.25) is 9.69 Å². The second-order valence-corrected chi connectivity index (χ2v) is 6.76. The molecule has 0 radical (unpaired) electrons. The Morgan fingerprint density at radius 3 is 2.84 bits per heavy atom. The largest absolute Gasteiger partial charge is 0.507 e. The van der Waals surface area contributed by atoms with Crippen LogP contribution in [0, 0.1) is 3.57 Å². The zero-order chi connectivity index (χ0) is 13.7. The van der Waals surface area contributed by atoms with Crippen LogP contribution < -0.4 is 5.32 Å². The summed E-state index contributed by atoms with van der Waals surface area (Å²) in [6.45, 7) is 3.74. The van der Waals surface area contributed by atoms with E-state index >= 15 is 0 Å². The quantitative estimate of drug-likeness (QED) is 0.768. The van der Waals surface area contributed by atoms with Gasteiger partial charge >= 0.3 is 0 Å². The number of amides is 1. The number of aromatic hydroxyl groups is 1. The number of hydrogen-bond donors (Lipinski definition) is 2. The van der Waals surface area contributed by atoms with Crippen molar-refractivity contribution in [3.8, 4) is 5.75 Å². The van der Waals surface area contributed by atoms with E-state index in [2.05, 4.69) is 10.2 Å². The second kappa shape index (κ2) is 7.35. The molecule has 4 nitrogen and oxygen atoms in total. The average Bonchev–Trinajstić information content (AvgIpc) is 2.43. The number of phenols is 1. The molecular weight excluding hydrogens is 375 g/mol. The lowest BCUT2D eigenvalue weighted by molar-refractivity contribution is 0.0948. The van der Waals surface area contributed by atoms with E-state index in [4.69, 9.17) is 0 Å². The fourth-order valence-corrected chi connectivity index (χ4v) is 3.22. The van der Waals surface area contributed by atoms with Crippen molar-refractivity contribution in [3.05, 3.63) is 27.3 Å². The fraction of sp³-hybridized carbons (Fsp3) is 0.462. The summed E-state index contributed by atoms with van der Waals surface area (Å²) >= 11 is 4.01. The van der Waals surface area contributed by atoms with Crippen molar-refractivity contribution in [2.75, 3.05) is 37.7 Å². The molecule has 1 amide bonds. The summed E-state index contributed by atoms with van der Waals surface area (Å²) in [7, 11) is 0. The zero-order valence-electron chi connectivity index (χ0n) is 10.6. The van der Waals surface area contributed by atoms with Crippen LogP contribution in [0.15, 0.2) is 18.2 Å². The van der Waals surface area contributed by atoms with Gasteiger partial charge in [-0.25, -0.2) is 0 Å². The van der Waals surface area contributed by atoms with Crippen molar-refractivity contribution in [2.45, 2.75) is 0 Å². The van der Waals surface area contributed by atoms with E-state index in [0.29, 0.717) is 12.1 Å². The van der Waals surface area contributed by atoms with E-state index in [1.807, 2.05) is 34.4 Å². The molecule has 1 aromatic carbocycles. The minimum atomic E-state index is -0.127. The smallest absolute Gasteiger partial charge is 0.251 e. The molecule has 0 atom stereocenters. The molecule has 1 fully saturated rings. The third kappa shape index (κ3) is 4.54. The van der Waals surface area contributed by atoms with Crippen LogP contribution in [0.1, 0.15) is 10.4 Å². The fourth-order valence-electron chi connectivity index (χ4n) is 1.91. The van der Waals surface area contributed by atoms with Gasteiger partial charge in [-0.05, 0) is 40.8 Å². The highest BCUT2D eigenvalue weighted by atomic mass is 127. The standard InChI is InChI=1S/C13H17IN2O2S/c14-11-2-1-10(9-12(11)17)13(18)15-3-4-16-5-7-19-8-6-16/h1-2,9,17H,3-8H2,(H,15,18). The van der Waals surface area contributed by atoms with Crippen LogP contribution in [0.2, 0.25) is 0 Å². The second-order valence-electron chi connectivity index (χ2n) is 4.38. The predicted octanol–water partition coefficient (Wildman–Crippen LogP) is 1.78. The number of halogens is 1. The molecular formula is C13H17IN2O2S. The van der Waals surface area contributed by atoms with Gasteiger partial charge in [0.25, 0.3) is 5.91 Å². The Labute approximate surface area is 131 Å². The van der Waals surface area contributed by atoms with Gasteiger partial charge in [-0.1, -0.05) is 0 Å². The Morgan fingerprint density at radius 2 is 2.16 bits per heavy atom. The molecule has 1 aliphatic rings. The van der Waals surface area contributed by atoms with Crippen LogP contribution in [0.5, 0.6) is 5.75 Å². The summed E-state index contributed by atoms with van der Waals surface area (Å²) < 4.78 is 0.750. The molecule has 6 heteroatoms. The molecule has 0 bridgehead atoms. The SMILES string of the molecule is O=C(NCCN1CCSCC1)c1ccc(I)c(O)c1. The maximum atomic E-state index is 11.9. The van der Waals surface area contributed by atoms with E-state index in [1.165, 1.54) is 17.6 Å². The monoisotopic (exact) mass is 392 g/mol. The van der Waals surface area contributed by atoms with Crippen molar-refractivity contribution < 1.29 is 9.90 Å². The molecule has 104 valence electrons. The summed E-state index contributed by atoms with van der Waals surface area (Å²) in [5.74, 6) is 2.39. The molecule has 2 N–H and O–H groups in total. The molecule has 1 aliphatic heterocycles. The lowest BCUT2D eigenvalue weighted by Crippen LogP contribution is -2.39. The highest BCUT2D eigenvalue weighted by Crippen LogP contribution is 2.20.